The molecule has 0 aliphatic rings. The lowest BCUT2D eigenvalue weighted by atomic mass is 10.0. The average molecular weight is 1070 g/mol. The Hall–Kier alpha value is -1.25. The number of rotatable bonds is 61. The molecule has 0 radical (unpaired) electrons. The van der Waals surface area contributed by atoms with Crippen molar-refractivity contribution < 1.29 is 42.1 Å². The van der Waals surface area contributed by atoms with Crippen LogP contribution in [-0.4, -0.2) is 70.0 Å². The highest BCUT2D eigenvalue weighted by Gasteiger charge is 2.22. The predicted molar refractivity (Wildman–Crippen MR) is 315 cm³/mol. The molecule has 0 aliphatic carbocycles. The van der Waals surface area contributed by atoms with Gasteiger partial charge in [-0.25, -0.2) is 0 Å². The van der Waals surface area contributed by atoms with Gasteiger partial charge in [0, 0.05) is 12.8 Å². The number of hydrogen-bond acceptors (Lipinski definition) is 8. The molecule has 2 unspecified atom stereocenters. The minimum absolute atomic E-state index is 0.0290. The zero-order valence-corrected chi connectivity index (χ0v) is 51.0. The third-order valence-corrected chi connectivity index (χ3v) is 15.7. The highest BCUT2D eigenvalue weighted by atomic mass is 31.2. The first-order valence-corrected chi connectivity index (χ1v) is 33.9. The van der Waals surface area contributed by atoms with Crippen molar-refractivity contribution in [3.63, 3.8) is 0 Å². The van der Waals surface area contributed by atoms with Crippen LogP contribution in [0.1, 0.15) is 335 Å². The van der Waals surface area contributed by atoms with Crippen LogP contribution in [0.25, 0.3) is 0 Å². The molecule has 0 aromatic heterocycles. The lowest BCUT2D eigenvalue weighted by Crippen LogP contribution is -2.37. The van der Waals surface area contributed by atoms with Gasteiger partial charge in [-0.1, -0.05) is 296 Å². The van der Waals surface area contributed by atoms with Crippen LogP contribution in [-0.2, 0) is 32.7 Å². The Morgan fingerprint density at radius 1 is 0.405 bits per heavy atom. The Labute approximate surface area is 460 Å². The Morgan fingerprint density at radius 2 is 0.689 bits per heavy atom. The van der Waals surface area contributed by atoms with Crippen LogP contribution >= 0.6 is 7.82 Å². The second-order valence-electron chi connectivity index (χ2n) is 23.5. The highest BCUT2D eigenvalue weighted by Crippen LogP contribution is 2.38. The molecular weight excluding hydrogens is 942 g/mol. The van der Waals surface area contributed by atoms with Crippen molar-refractivity contribution in [2.75, 3.05) is 47.5 Å². The summed E-state index contributed by atoms with van der Waals surface area (Å²) in [6.45, 7) is 4.25. The summed E-state index contributed by atoms with van der Waals surface area (Å²) in [6.07, 6.45) is 67.5. The van der Waals surface area contributed by atoms with E-state index >= 15 is 0 Å². The summed E-state index contributed by atoms with van der Waals surface area (Å²) in [5.41, 5.74) is 0. The molecule has 0 fully saturated rings. The smallest absolute Gasteiger partial charge is 0.306 e. The molecule has 10 heteroatoms. The van der Waals surface area contributed by atoms with Gasteiger partial charge in [0.05, 0.1) is 27.7 Å². The number of carbonyl (C=O) groups is 2. The molecule has 9 nitrogen and oxygen atoms in total. The number of nitrogens with zero attached hydrogens (tertiary/aromatic N) is 1. The Bertz CT molecular complexity index is 1260. The molecule has 0 N–H and O–H groups in total. The number of phosphoric acid groups is 1. The first-order chi connectivity index (χ1) is 36.0. The minimum atomic E-state index is -4.63. The molecule has 0 amide bonds. The van der Waals surface area contributed by atoms with Gasteiger partial charge in [-0.05, 0) is 38.5 Å². The fourth-order valence-corrected chi connectivity index (χ4v) is 10.5. The lowest BCUT2D eigenvalue weighted by Gasteiger charge is -2.28. The largest absolute Gasteiger partial charge is 0.756 e. The number of likely N-dealkylation sites (N-methyl/N-ethyl adjacent to an activating group) is 1. The van der Waals surface area contributed by atoms with Gasteiger partial charge in [0.1, 0.15) is 19.8 Å². The van der Waals surface area contributed by atoms with Crippen molar-refractivity contribution in [2.45, 2.75) is 341 Å². The molecule has 0 heterocycles. The van der Waals surface area contributed by atoms with Gasteiger partial charge in [-0.3, -0.25) is 14.2 Å². The molecule has 0 saturated heterocycles. The van der Waals surface area contributed by atoms with Crippen molar-refractivity contribution in [3.8, 4) is 0 Å². The summed E-state index contributed by atoms with van der Waals surface area (Å²) in [6, 6.07) is 0. The van der Waals surface area contributed by atoms with Gasteiger partial charge in [-0.15, -0.1) is 0 Å². The van der Waals surface area contributed by atoms with Gasteiger partial charge in [-0.2, -0.15) is 0 Å². The third kappa shape index (κ3) is 60.0. The van der Waals surface area contributed by atoms with E-state index in [1.807, 2.05) is 21.1 Å². The monoisotopic (exact) mass is 1070 g/mol. The fourth-order valence-electron chi connectivity index (χ4n) is 9.77. The number of hydrogen-bond donors (Lipinski definition) is 0. The Balaban J connectivity index is 3.80. The first-order valence-electron chi connectivity index (χ1n) is 32.4. The van der Waals surface area contributed by atoms with E-state index in [4.69, 9.17) is 18.5 Å². The van der Waals surface area contributed by atoms with Crippen LogP contribution in [0, 0.1) is 0 Å². The summed E-state index contributed by atoms with van der Waals surface area (Å²) in [5, 5.41) is 0. The van der Waals surface area contributed by atoms with Crippen LogP contribution in [0.15, 0.2) is 12.2 Å². The van der Waals surface area contributed by atoms with Crippen LogP contribution in [0.3, 0.4) is 0 Å². The van der Waals surface area contributed by atoms with Gasteiger partial charge in [0.2, 0.25) is 0 Å². The summed E-state index contributed by atoms with van der Waals surface area (Å²) in [5.74, 6) is -0.828. The van der Waals surface area contributed by atoms with E-state index in [0.29, 0.717) is 17.4 Å². The van der Waals surface area contributed by atoms with Crippen molar-refractivity contribution in [3.05, 3.63) is 12.2 Å². The highest BCUT2D eigenvalue weighted by molar-refractivity contribution is 7.45. The number of carbonyl (C=O) groups excluding carboxylic acids is 2. The molecular formula is C64H126NO8P. The molecule has 0 rings (SSSR count). The molecule has 74 heavy (non-hydrogen) atoms. The van der Waals surface area contributed by atoms with Crippen LogP contribution in [0.2, 0.25) is 0 Å². The van der Waals surface area contributed by atoms with Gasteiger partial charge >= 0.3 is 11.9 Å². The fraction of sp³-hybridized carbons (Fsp3) is 0.938. The summed E-state index contributed by atoms with van der Waals surface area (Å²) >= 11 is 0. The summed E-state index contributed by atoms with van der Waals surface area (Å²) < 4.78 is 34.1. The van der Waals surface area contributed by atoms with E-state index in [1.165, 1.54) is 244 Å². The number of allylic oxidation sites excluding steroid dienone is 2. The number of unbranched alkanes of at least 4 members (excludes halogenated alkanes) is 45. The quantitative estimate of drug-likeness (QED) is 0.0195. The molecule has 0 bridgehead atoms. The summed E-state index contributed by atoms with van der Waals surface area (Å²) in [4.78, 5) is 37.8. The maximum absolute atomic E-state index is 12.7. The number of phosphoric ester groups is 1. The maximum atomic E-state index is 12.7. The SMILES string of the molecule is CCCCC/C=C\CCCCCCCC(=O)OC(COC(=O)CCCCCCCCCCCCCCCCCCCCCCCCCCCCCCCCCCCCCCCC)COP(=O)([O-])OCC[N+](C)(C)C. The van der Waals surface area contributed by atoms with Gasteiger partial charge < -0.3 is 27.9 Å². The molecule has 440 valence electrons. The second-order valence-corrected chi connectivity index (χ2v) is 24.9. The standard InChI is InChI=1S/C64H126NO8P/c1-6-8-10-12-14-16-18-20-21-22-23-24-25-26-27-28-29-30-31-32-33-34-35-36-37-38-39-40-41-42-43-44-45-47-48-50-52-54-56-63(66)70-60-62(61-72-74(68,69)71-59-58-65(3,4)5)73-64(67)57-55-53-51-49-46-19-17-15-13-11-9-7-2/h15,17,62H,6-14,16,18-61H2,1-5H3/b17-15-. The molecule has 0 saturated carbocycles. The first kappa shape index (κ1) is 72.8. The Kier molecular flexibility index (Phi) is 55.5. The number of esters is 2. The van der Waals surface area contributed by atoms with E-state index in [2.05, 4.69) is 26.0 Å². The van der Waals surface area contributed by atoms with Crippen molar-refractivity contribution in [2.24, 2.45) is 0 Å². The second kappa shape index (κ2) is 56.5. The van der Waals surface area contributed by atoms with E-state index in [-0.39, 0.29) is 32.0 Å². The molecule has 0 aromatic rings. The van der Waals surface area contributed by atoms with Crippen molar-refractivity contribution in [1.29, 1.82) is 0 Å². The van der Waals surface area contributed by atoms with Crippen molar-refractivity contribution in [1.82, 2.24) is 0 Å². The van der Waals surface area contributed by atoms with E-state index in [1.54, 1.807) is 0 Å². The van der Waals surface area contributed by atoms with Gasteiger partial charge in [0.25, 0.3) is 7.82 Å². The van der Waals surface area contributed by atoms with Crippen molar-refractivity contribution >= 4 is 19.8 Å². The minimum Gasteiger partial charge on any atom is -0.756 e. The zero-order chi connectivity index (χ0) is 54.2. The third-order valence-electron chi connectivity index (χ3n) is 14.8. The molecule has 0 spiro atoms. The molecule has 2 atom stereocenters. The normalized spacial score (nSPS) is 13.2. The molecule has 0 aromatic carbocycles. The topological polar surface area (TPSA) is 111 Å². The predicted octanol–water partition coefficient (Wildman–Crippen LogP) is 19.8. The van der Waals surface area contributed by atoms with Crippen LogP contribution in [0.5, 0.6) is 0 Å². The number of quaternary nitrogens is 1. The van der Waals surface area contributed by atoms with E-state index in [9.17, 15) is 19.0 Å². The van der Waals surface area contributed by atoms with E-state index in [0.717, 1.165) is 57.8 Å². The van der Waals surface area contributed by atoms with Crippen LogP contribution in [0.4, 0.5) is 0 Å². The van der Waals surface area contributed by atoms with Gasteiger partial charge in [0.15, 0.2) is 6.10 Å². The average Bonchev–Trinajstić information content (AvgIpc) is 3.36. The number of ether oxygens (including phenoxy) is 2. The zero-order valence-electron chi connectivity index (χ0n) is 50.1. The Morgan fingerprint density at radius 3 is 1.03 bits per heavy atom. The maximum Gasteiger partial charge on any atom is 0.306 e. The van der Waals surface area contributed by atoms with Crippen LogP contribution < -0.4 is 4.89 Å². The van der Waals surface area contributed by atoms with E-state index < -0.39 is 26.5 Å². The molecule has 0 aliphatic heterocycles. The lowest BCUT2D eigenvalue weighted by molar-refractivity contribution is -0.870. The summed E-state index contributed by atoms with van der Waals surface area (Å²) in [7, 11) is 1.18.